The molecule has 3 aromatic rings. The summed E-state index contributed by atoms with van der Waals surface area (Å²) in [5.74, 6) is 1.73. The highest BCUT2D eigenvalue weighted by molar-refractivity contribution is 5.74. The lowest BCUT2D eigenvalue weighted by molar-refractivity contribution is 0.172. The van der Waals surface area contributed by atoms with Crippen molar-refractivity contribution in [3.05, 3.63) is 66.0 Å². The molecule has 2 aliphatic heterocycles. The van der Waals surface area contributed by atoms with Gasteiger partial charge in [0.2, 0.25) is 0 Å². The number of nitrogens with zero attached hydrogens (tertiary/aromatic N) is 3. The molecule has 2 unspecified atom stereocenters. The maximum atomic E-state index is 9.43. The smallest absolute Gasteiger partial charge is 0.121 e. The average Bonchev–Trinajstić information content (AvgIpc) is 3.37. The zero-order valence-corrected chi connectivity index (χ0v) is 16.9. The Kier molecular flexibility index (Phi) is 5.12. The molecular weight excluding hydrogens is 360 g/mol. The van der Waals surface area contributed by atoms with Crippen LogP contribution in [-0.4, -0.2) is 64.2 Å². The number of fused-ring (bicyclic) bond motifs is 2. The van der Waals surface area contributed by atoms with Crippen LogP contribution in [0.2, 0.25) is 0 Å². The zero-order valence-electron chi connectivity index (χ0n) is 16.9. The minimum atomic E-state index is 0.254. The molecule has 5 rings (SSSR count). The number of aromatic nitrogens is 2. The number of rotatable bonds is 7. The van der Waals surface area contributed by atoms with Gasteiger partial charge in [0.15, 0.2) is 0 Å². The highest BCUT2D eigenvalue weighted by atomic mass is 16.3. The lowest BCUT2D eigenvalue weighted by atomic mass is 9.76. The molecule has 2 aromatic carbocycles. The molecule has 0 saturated carbocycles. The molecule has 2 fully saturated rings. The number of H-pyrrole nitrogens is 1. The number of aliphatic hydroxyl groups is 1. The highest BCUT2D eigenvalue weighted by Crippen LogP contribution is 2.46. The van der Waals surface area contributed by atoms with Crippen molar-refractivity contribution in [1.29, 1.82) is 0 Å². The van der Waals surface area contributed by atoms with Crippen molar-refractivity contribution in [3.63, 3.8) is 0 Å². The molecule has 152 valence electrons. The van der Waals surface area contributed by atoms with Crippen molar-refractivity contribution in [2.75, 3.05) is 39.3 Å². The molecule has 2 aliphatic rings. The second kappa shape index (κ2) is 7.90. The molecule has 0 bridgehead atoms. The van der Waals surface area contributed by atoms with Crippen LogP contribution in [0.1, 0.15) is 17.8 Å². The standard InChI is InChI=1S/C24H30N4O/c29-13-12-27-14-20-15-28(16-23-25-21-8-4-5-9-22(21)26-23)18-24(20,17-27)11-10-19-6-2-1-3-7-19/h1-9,20,29H,10-18H2,(H,25,26). The largest absolute Gasteiger partial charge is 0.395 e. The van der Waals surface area contributed by atoms with Crippen LogP contribution in [0, 0.1) is 11.3 Å². The van der Waals surface area contributed by atoms with Gasteiger partial charge in [0, 0.05) is 38.1 Å². The van der Waals surface area contributed by atoms with Gasteiger partial charge in [0.1, 0.15) is 5.82 Å². The summed E-state index contributed by atoms with van der Waals surface area (Å²) in [6.07, 6.45) is 2.34. The molecule has 5 nitrogen and oxygen atoms in total. The Morgan fingerprint density at radius 1 is 1.00 bits per heavy atom. The molecule has 1 aromatic heterocycles. The fourth-order valence-electron chi connectivity index (χ4n) is 5.52. The van der Waals surface area contributed by atoms with Crippen molar-refractivity contribution >= 4 is 11.0 Å². The number of aliphatic hydroxyl groups excluding tert-OH is 1. The molecule has 0 spiro atoms. The van der Waals surface area contributed by atoms with Gasteiger partial charge in [0.25, 0.3) is 0 Å². The van der Waals surface area contributed by atoms with Gasteiger partial charge in [-0.15, -0.1) is 0 Å². The SMILES string of the molecule is OCCN1CC2CN(Cc3nc4ccccc4[nH]3)CC2(CCc2ccccc2)C1. The van der Waals surface area contributed by atoms with Crippen LogP contribution in [0.25, 0.3) is 11.0 Å². The number of nitrogens with one attached hydrogen (secondary N) is 1. The van der Waals surface area contributed by atoms with E-state index < -0.39 is 0 Å². The number of hydrogen-bond donors (Lipinski definition) is 2. The third-order valence-electron chi connectivity index (χ3n) is 6.88. The Hall–Kier alpha value is -2.21. The maximum absolute atomic E-state index is 9.43. The van der Waals surface area contributed by atoms with Crippen LogP contribution >= 0.6 is 0 Å². The summed E-state index contributed by atoms with van der Waals surface area (Å²) in [5.41, 5.74) is 3.92. The summed E-state index contributed by atoms with van der Waals surface area (Å²) in [4.78, 5) is 13.3. The fourth-order valence-corrected chi connectivity index (χ4v) is 5.52. The number of imidazole rings is 1. The molecular formula is C24H30N4O. The Bertz CT molecular complexity index is 923. The summed E-state index contributed by atoms with van der Waals surface area (Å²) in [7, 11) is 0. The summed E-state index contributed by atoms with van der Waals surface area (Å²) >= 11 is 0. The normalized spacial score (nSPS) is 25.1. The van der Waals surface area contributed by atoms with E-state index in [2.05, 4.69) is 63.3 Å². The lowest BCUT2D eigenvalue weighted by Gasteiger charge is -2.29. The van der Waals surface area contributed by atoms with Gasteiger partial charge < -0.3 is 15.0 Å². The van der Waals surface area contributed by atoms with Crippen LogP contribution in [0.4, 0.5) is 0 Å². The summed E-state index contributed by atoms with van der Waals surface area (Å²) in [6, 6.07) is 19.1. The first-order chi connectivity index (χ1) is 14.2. The number of benzene rings is 2. The average molecular weight is 391 g/mol. The van der Waals surface area contributed by atoms with Crippen molar-refractivity contribution in [2.45, 2.75) is 19.4 Å². The van der Waals surface area contributed by atoms with Gasteiger partial charge in [-0.05, 0) is 36.5 Å². The highest BCUT2D eigenvalue weighted by Gasteiger charge is 2.51. The Morgan fingerprint density at radius 2 is 1.76 bits per heavy atom. The molecule has 0 radical (unpaired) electrons. The number of likely N-dealkylation sites (tertiary alicyclic amines) is 2. The lowest BCUT2D eigenvalue weighted by Crippen LogP contribution is -2.35. The second-order valence-electron chi connectivity index (χ2n) is 8.87. The first-order valence-electron chi connectivity index (χ1n) is 10.8. The fraction of sp³-hybridized carbons (Fsp3) is 0.458. The predicted octanol–water partition coefficient (Wildman–Crippen LogP) is 2.92. The van der Waals surface area contributed by atoms with Crippen LogP contribution < -0.4 is 0 Å². The molecule has 0 aliphatic carbocycles. The number of hydrogen-bond acceptors (Lipinski definition) is 4. The molecule has 29 heavy (non-hydrogen) atoms. The van der Waals surface area contributed by atoms with E-state index in [-0.39, 0.29) is 6.61 Å². The van der Waals surface area contributed by atoms with Gasteiger partial charge in [-0.1, -0.05) is 42.5 Å². The van der Waals surface area contributed by atoms with E-state index in [1.165, 1.54) is 12.0 Å². The van der Waals surface area contributed by atoms with E-state index in [9.17, 15) is 5.11 Å². The van der Waals surface area contributed by atoms with Gasteiger partial charge in [-0.25, -0.2) is 4.98 Å². The first kappa shape index (κ1) is 18.8. The molecule has 5 heteroatoms. The monoisotopic (exact) mass is 390 g/mol. The van der Waals surface area contributed by atoms with E-state index >= 15 is 0 Å². The predicted molar refractivity (Wildman–Crippen MR) is 116 cm³/mol. The summed E-state index contributed by atoms with van der Waals surface area (Å²) in [5, 5.41) is 9.43. The minimum absolute atomic E-state index is 0.254. The van der Waals surface area contributed by atoms with Crippen LogP contribution in [0.5, 0.6) is 0 Å². The van der Waals surface area contributed by atoms with E-state index in [1.807, 2.05) is 6.07 Å². The Labute approximate surface area is 172 Å². The van der Waals surface area contributed by atoms with Gasteiger partial charge >= 0.3 is 0 Å². The van der Waals surface area contributed by atoms with Crippen molar-refractivity contribution in [1.82, 2.24) is 19.8 Å². The number of aryl methyl sites for hydroxylation is 1. The van der Waals surface area contributed by atoms with Crippen molar-refractivity contribution in [2.24, 2.45) is 11.3 Å². The van der Waals surface area contributed by atoms with Crippen LogP contribution in [0.3, 0.4) is 0 Å². The van der Waals surface area contributed by atoms with Crippen LogP contribution in [0.15, 0.2) is 54.6 Å². The zero-order chi connectivity index (χ0) is 19.7. The quantitative estimate of drug-likeness (QED) is 0.651. The maximum Gasteiger partial charge on any atom is 0.121 e. The second-order valence-corrected chi connectivity index (χ2v) is 8.87. The topological polar surface area (TPSA) is 55.4 Å². The third kappa shape index (κ3) is 3.82. The Morgan fingerprint density at radius 3 is 2.59 bits per heavy atom. The molecule has 2 saturated heterocycles. The van der Waals surface area contributed by atoms with Gasteiger partial charge in [-0.3, -0.25) is 4.90 Å². The van der Waals surface area contributed by atoms with Crippen LogP contribution in [-0.2, 0) is 13.0 Å². The minimum Gasteiger partial charge on any atom is -0.395 e. The van der Waals surface area contributed by atoms with E-state index in [1.54, 1.807) is 0 Å². The molecule has 2 N–H and O–H groups in total. The van der Waals surface area contributed by atoms with Crippen molar-refractivity contribution in [3.8, 4) is 0 Å². The van der Waals surface area contributed by atoms with E-state index in [0.717, 1.165) is 62.5 Å². The molecule has 2 atom stereocenters. The van der Waals surface area contributed by atoms with Gasteiger partial charge in [0.05, 0.1) is 24.2 Å². The molecule has 3 heterocycles. The first-order valence-corrected chi connectivity index (χ1v) is 10.8. The molecule has 0 amide bonds. The van der Waals surface area contributed by atoms with E-state index in [0.29, 0.717) is 11.3 Å². The Balaban J connectivity index is 1.31. The summed E-state index contributed by atoms with van der Waals surface area (Å²) in [6.45, 7) is 6.38. The summed E-state index contributed by atoms with van der Waals surface area (Å²) < 4.78 is 0. The number of β-amino-alcohol motifs (C(OH)–C–C–N with tert-alkyl or cyclic N) is 1. The number of para-hydroxylation sites is 2. The van der Waals surface area contributed by atoms with Gasteiger partial charge in [-0.2, -0.15) is 0 Å². The van der Waals surface area contributed by atoms with E-state index in [4.69, 9.17) is 4.98 Å². The number of aromatic amines is 1. The third-order valence-corrected chi connectivity index (χ3v) is 6.88. The van der Waals surface area contributed by atoms with Crippen molar-refractivity contribution < 1.29 is 5.11 Å².